The van der Waals surface area contributed by atoms with Crippen molar-refractivity contribution in [1.82, 2.24) is 0 Å². The molecule has 0 bridgehead atoms. The zero-order valence-corrected chi connectivity index (χ0v) is 11.2. The number of carboxylic acids is 1. The number of aromatic carboxylic acids is 1. The van der Waals surface area contributed by atoms with Gasteiger partial charge in [-0.1, -0.05) is 44.2 Å². The van der Waals surface area contributed by atoms with Crippen molar-refractivity contribution >= 4 is 16.7 Å². The highest BCUT2D eigenvalue weighted by Gasteiger charge is 2.14. The number of hydrogen-bond donors (Lipinski definition) is 1. The Labute approximate surface area is 112 Å². The van der Waals surface area contributed by atoms with Crippen molar-refractivity contribution in [3.05, 3.63) is 42.0 Å². The third-order valence-corrected chi connectivity index (χ3v) is 3.05. The maximum absolute atomic E-state index is 11.3. The first-order valence-corrected chi connectivity index (χ1v) is 6.47. The van der Waals surface area contributed by atoms with Gasteiger partial charge < -0.3 is 9.84 Å². The van der Waals surface area contributed by atoms with Gasteiger partial charge in [-0.3, -0.25) is 0 Å². The maximum atomic E-state index is 11.3. The van der Waals surface area contributed by atoms with Crippen molar-refractivity contribution in [2.45, 2.75) is 20.3 Å². The summed E-state index contributed by atoms with van der Waals surface area (Å²) in [6, 6.07) is 11.1. The van der Waals surface area contributed by atoms with Crippen LogP contribution in [0, 0.1) is 5.92 Å². The van der Waals surface area contributed by atoms with Gasteiger partial charge in [-0.2, -0.15) is 0 Å². The normalized spacial score (nSPS) is 10.9. The van der Waals surface area contributed by atoms with Crippen molar-refractivity contribution < 1.29 is 14.6 Å². The van der Waals surface area contributed by atoms with Crippen LogP contribution >= 0.6 is 0 Å². The van der Waals surface area contributed by atoms with E-state index in [1.54, 1.807) is 6.07 Å². The second-order valence-electron chi connectivity index (χ2n) is 5.00. The molecule has 0 aliphatic heterocycles. The van der Waals surface area contributed by atoms with Crippen LogP contribution in [0.1, 0.15) is 30.6 Å². The first kappa shape index (κ1) is 13.4. The van der Waals surface area contributed by atoms with Gasteiger partial charge in [0.15, 0.2) is 0 Å². The molecule has 0 spiro atoms. The Balaban J connectivity index is 2.41. The second kappa shape index (κ2) is 5.74. The van der Waals surface area contributed by atoms with Crippen LogP contribution in [0.15, 0.2) is 36.4 Å². The van der Waals surface area contributed by atoms with E-state index < -0.39 is 5.97 Å². The monoisotopic (exact) mass is 258 g/mol. The largest absolute Gasteiger partial charge is 0.492 e. The topological polar surface area (TPSA) is 46.5 Å². The SMILES string of the molecule is CC(C)CCOc1c(C(=O)O)ccc2ccccc12. The highest BCUT2D eigenvalue weighted by molar-refractivity contribution is 6.00. The van der Waals surface area contributed by atoms with Crippen LogP contribution in [0.3, 0.4) is 0 Å². The Morgan fingerprint density at radius 3 is 2.63 bits per heavy atom. The average Bonchev–Trinajstić information content (AvgIpc) is 2.38. The zero-order chi connectivity index (χ0) is 13.8. The molecule has 3 heteroatoms. The zero-order valence-electron chi connectivity index (χ0n) is 11.2. The van der Waals surface area contributed by atoms with Crippen molar-refractivity contribution in [3.63, 3.8) is 0 Å². The Bertz CT molecular complexity index is 588. The van der Waals surface area contributed by atoms with E-state index in [2.05, 4.69) is 13.8 Å². The lowest BCUT2D eigenvalue weighted by molar-refractivity contribution is 0.0692. The van der Waals surface area contributed by atoms with E-state index >= 15 is 0 Å². The summed E-state index contributed by atoms with van der Waals surface area (Å²) in [4.78, 5) is 11.3. The smallest absolute Gasteiger partial charge is 0.339 e. The van der Waals surface area contributed by atoms with Crippen molar-refractivity contribution in [1.29, 1.82) is 0 Å². The van der Waals surface area contributed by atoms with Gasteiger partial charge in [-0.05, 0) is 23.8 Å². The van der Waals surface area contributed by atoms with E-state index in [9.17, 15) is 9.90 Å². The molecule has 0 saturated heterocycles. The molecule has 2 rings (SSSR count). The summed E-state index contributed by atoms with van der Waals surface area (Å²) in [5.74, 6) is 0.0554. The molecule has 0 heterocycles. The highest BCUT2D eigenvalue weighted by Crippen LogP contribution is 2.30. The predicted octanol–water partition coefficient (Wildman–Crippen LogP) is 3.96. The van der Waals surface area contributed by atoms with E-state index in [4.69, 9.17) is 4.74 Å². The van der Waals surface area contributed by atoms with Gasteiger partial charge in [0.1, 0.15) is 11.3 Å². The predicted molar refractivity (Wildman–Crippen MR) is 75.9 cm³/mol. The quantitative estimate of drug-likeness (QED) is 0.882. The molecule has 0 atom stereocenters. The fraction of sp³-hybridized carbons (Fsp3) is 0.312. The molecule has 0 fully saturated rings. The van der Waals surface area contributed by atoms with Gasteiger partial charge in [-0.15, -0.1) is 0 Å². The third-order valence-electron chi connectivity index (χ3n) is 3.05. The summed E-state index contributed by atoms with van der Waals surface area (Å²) in [7, 11) is 0. The lowest BCUT2D eigenvalue weighted by atomic mass is 10.1. The summed E-state index contributed by atoms with van der Waals surface area (Å²) in [6.07, 6.45) is 0.905. The molecule has 19 heavy (non-hydrogen) atoms. The Hall–Kier alpha value is -2.03. The minimum atomic E-state index is -0.953. The molecule has 0 aromatic heterocycles. The minimum absolute atomic E-state index is 0.224. The average molecular weight is 258 g/mol. The van der Waals surface area contributed by atoms with Crippen LogP contribution in [-0.2, 0) is 0 Å². The number of hydrogen-bond acceptors (Lipinski definition) is 2. The Morgan fingerprint density at radius 1 is 1.21 bits per heavy atom. The number of fused-ring (bicyclic) bond motifs is 1. The maximum Gasteiger partial charge on any atom is 0.339 e. The highest BCUT2D eigenvalue weighted by atomic mass is 16.5. The number of benzene rings is 2. The molecule has 1 N–H and O–H groups in total. The first-order chi connectivity index (χ1) is 9.09. The molecule has 2 aromatic carbocycles. The van der Waals surface area contributed by atoms with Crippen LogP contribution < -0.4 is 4.74 Å². The molecule has 0 unspecified atom stereocenters. The standard InChI is InChI=1S/C16H18O3/c1-11(2)9-10-19-15-13-6-4-3-5-12(13)7-8-14(15)16(17)18/h3-8,11H,9-10H2,1-2H3,(H,17,18). The lowest BCUT2D eigenvalue weighted by Crippen LogP contribution is -2.06. The number of rotatable bonds is 5. The van der Waals surface area contributed by atoms with Gasteiger partial charge in [0.2, 0.25) is 0 Å². The van der Waals surface area contributed by atoms with E-state index in [0.717, 1.165) is 17.2 Å². The summed E-state index contributed by atoms with van der Waals surface area (Å²) < 4.78 is 5.74. The molecular formula is C16H18O3. The molecule has 0 radical (unpaired) electrons. The van der Waals surface area contributed by atoms with E-state index in [1.165, 1.54) is 0 Å². The van der Waals surface area contributed by atoms with Crippen molar-refractivity contribution in [3.8, 4) is 5.75 Å². The van der Waals surface area contributed by atoms with Crippen LogP contribution in [0.25, 0.3) is 10.8 Å². The summed E-state index contributed by atoms with van der Waals surface area (Å²) >= 11 is 0. The fourth-order valence-corrected chi connectivity index (χ4v) is 1.96. The van der Waals surface area contributed by atoms with Crippen LogP contribution in [0.5, 0.6) is 5.75 Å². The number of carboxylic acid groups (broad SMARTS) is 1. The first-order valence-electron chi connectivity index (χ1n) is 6.47. The van der Waals surface area contributed by atoms with Crippen LogP contribution in [-0.4, -0.2) is 17.7 Å². The molecule has 0 aliphatic rings. The van der Waals surface area contributed by atoms with E-state index in [-0.39, 0.29) is 5.56 Å². The number of carbonyl (C=O) groups is 1. The van der Waals surface area contributed by atoms with Gasteiger partial charge in [-0.25, -0.2) is 4.79 Å². The van der Waals surface area contributed by atoms with Crippen LogP contribution in [0.2, 0.25) is 0 Å². The minimum Gasteiger partial charge on any atom is -0.492 e. The summed E-state index contributed by atoms with van der Waals surface area (Å²) in [6.45, 7) is 4.76. The second-order valence-corrected chi connectivity index (χ2v) is 5.00. The third kappa shape index (κ3) is 3.05. The van der Waals surface area contributed by atoms with E-state index in [0.29, 0.717) is 18.3 Å². The molecule has 0 saturated carbocycles. The molecule has 100 valence electrons. The van der Waals surface area contributed by atoms with Gasteiger partial charge in [0.05, 0.1) is 6.61 Å². The van der Waals surface area contributed by atoms with Gasteiger partial charge in [0, 0.05) is 5.39 Å². The summed E-state index contributed by atoms with van der Waals surface area (Å²) in [5, 5.41) is 11.1. The van der Waals surface area contributed by atoms with E-state index in [1.807, 2.05) is 30.3 Å². The molecular weight excluding hydrogens is 240 g/mol. The molecule has 0 aliphatic carbocycles. The van der Waals surface area contributed by atoms with Gasteiger partial charge >= 0.3 is 5.97 Å². The molecule has 2 aromatic rings. The summed E-state index contributed by atoms with van der Waals surface area (Å²) in [5.41, 5.74) is 0.224. The van der Waals surface area contributed by atoms with Crippen molar-refractivity contribution in [2.75, 3.05) is 6.61 Å². The van der Waals surface area contributed by atoms with Crippen molar-refractivity contribution in [2.24, 2.45) is 5.92 Å². The molecule has 0 amide bonds. The van der Waals surface area contributed by atoms with Crippen LogP contribution in [0.4, 0.5) is 0 Å². The molecule has 3 nitrogen and oxygen atoms in total. The lowest BCUT2D eigenvalue weighted by Gasteiger charge is -2.13. The fourth-order valence-electron chi connectivity index (χ4n) is 1.96. The van der Waals surface area contributed by atoms with Gasteiger partial charge in [0.25, 0.3) is 0 Å². The number of ether oxygens (including phenoxy) is 1. The Morgan fingerprint density at radius 2 is 1.95 bits per heavy atom. The Kier molecular flexibility index (Phi) is 4.05.